The number of carbonyl (C=O) groups is 3. The van der Waals surface area contributed by atoms with Crippen molar-refractivity contribution in [1.29, 1.82) is 0 Å². The summed E-state index contributed by atoms with van der Waals surface area (Å²) in [6, 6.07) is -2.30. The van der Waals surface area contributed by atoms with Gasteiger partial charge in [-0.05, 0) is 18.8 Å². The maximum Gasteiger partial charge on any atom is 0.331 e. The number of methoxy groups -OCH3 is 1. The third-order valence-corrected chi connectivity index (χ3v) is 3.50. The Bertz CT molecular complexity index is 409. The van der Waals surface area contributed by atoms with E-state index in [1.54, 1.807) is 0 Å². The summed E-state index contributed by atoms with van der Waals surface area (Å²) in [7, 11) is 1.23. The Kier molecular flexibility index (Phi) is 4.43. The minimum atomic E-state index is -1.05. The van der Waals surface area contributed by atoms with Crippen LogP contribution in [0, 0.1) is 5.92 Å². The van der Waals surface area contributed by atoms with Crippen LogP contribution in [0.15, 0.2) is 0 Å². The summed E-state index contributed by atoms with van der Waals surface area (Å²) in [6.07, 6.45) is 1.58. The van der Waals surface area contributed by atoms with Gasteiger partial charge in [-0.2, -0.15) is 0 Å². The molecule has 0 aromatic rings. The lowest BCUT2D eigenvalue weighted by atomic mass is 10.2. The van der Waals surface area contributed by atoms with Gasteiger partial charge in [0.1, 0.15) is 6.04 Å². The van der Waals surface area contributed by atoms with Gasteiger partial charge < -0.3 is 24.8 Å². The van der Waals surface area contributed by atoms with E-state index in [2.05, 4.69) is 10.1 Å². The van der Waals surface area contributed by atoms with E-state index in [0.29, 0.717) is 6.61 Å². The first-order chi connectivity index (χ1) is 9.54. The van der Waals surface area contributed by atoms with Crippen LogP contribution in [0.1, 0.15) is 12.8 Å². The lowest BCUT2D eigenvalue weighted by Gasteiger charge is -2.34. The minimum absolute atomic E-state index is 0.0194. The fraction of sp³-hybridized carbons (Fsp3) is 0.750. The average Bonchev–Trinajstić information content (AvgIpc) is 3.27. The summed E-state index contributed by atoms with van der Waals surface area (Å²) in [6.45, 7) is 0.589. The molecular weight excluding hydrogens is 268 g/mol. The fourth-order valence-corrected chi connectivity index (χ4v) is 2.20. The molecule has 2 rings (SSSR count). The van der Waals surface area contributed by atoms with E-state index in [1.807, 2.05) is 0 Å². The Morgan fingerprint density at radius 2 is 2.10 bits per heavy atom. The molecule has 112 valence electrons. The Morgan fingerprint density at radius 3 is 2.65 bits per heavy atom. The van der Waals surface area contributed by atoms with Gasteiger partial charge in [0.2, 0.25) is 0 Å². The zero-order chi connectivity index (χ0) is 14.7. The number of nitrogens with zero attached hydrogens (tertiary/aromatic N) is 1. The van der Waals surface area contributed by atoms with Crippen LogP contribution in [0.4, 0.5) is 4.79 Å². The van der Waals surface area contributed by atoms with Crippen LogP contribution in [0.5, 0.6) is 0 Å². The summed E-state index contributed by atoms with van der Waals surface area (Å²) in [5, 5.41) is 11.6. The van der Waals surface area contributed by atoms with Crippen LogP contribution in [-0.2, 0) is 19.1 Å². The molecule has 0 aromatic carbocycles. The molecule has 2 unspecified atom stereocenters. The summed E-state index contributed by atoms with van der Waals surface area (Å²) in [5.41, 5.74) is 0. The first-order valence-electron chi connectivity index (χ1n) is 6.50. The van der Waals surface area contributed by atoms with Crippen molar-refractivity contribution in [2.45, 2.75) is 24.9 Å². The molecule has 0 spiro atoms. The number of aliphatic carboxylic acids is 1. The van der Waals surface area contributed by atoms with Crippen LogP contribution in [0.2, 0.25) is 0 Å². The highest BCUT2D eigenvalue weighted by Crippen LogP contribution is 2.32. The molecule has 2 fully saturated rings. The number of morpholine rings is 1. The predicted molar refractivity (Wildman–Crippen MR) is 66.0 cm³/mol. The first kappa shape index (κ1) is 14.6. The molecule has 2 atom stereocenters. The van der Waals surface area contributed by atoms with Gasteiger partial charge >= 0.3 is 18.0 Å². The standard InChI is InChI=1S/C12H18N2O6/c1-19-11(17)8-6-20-5-4-14(8)12(18)13-9(10(15)16)7-2-3-7/h7-9H,2-6H2,1H3,(H,13,18)(H,15,16). The van der Waals surface area contributed by atoms with E-state index >= 15 is 0 Å². The van der Waals surface area contributed by atoms with Crippen molar-refractivity contribution < 1.29 is 29.0 Å². The Hall–Kier alpha value is -1.83. The number of carboxylic acid groups (broad SMARTS) is 1. The topological polar surface area (TPSA) is 105 Å². The van der Waals surface area contributed by atoms with Crippen molar-refractivity contribution >= 4 is 18.0 Å². The molecule has 2 aliphatic rings. The minimum Gasteiger partial charge on any atom is -0.480 e. The van der Waals surface area contributed by atoms with E-state index in [-0.39, 0.29) is 19.1 Å². The fourth-order valence-electron chi connectivity index (χ4n) is 2.20. The number of hydrogen-bond acceptors (Lipinski definition) is 5. The summed E-state index contributed by atoms with van der Waals surface area (Å²) >= 11 is 0. The van der Waals surface area contributed by atoms with Gasteiger partial charge in [0, 0.05) is 6.54 Å². The Balaban J connectivity index is 2.01. The van der Waals surface area contributed by atoms with Crippen LogP contribution < -0.4 is 5.32 Å². The van der Waals surface area contributed by atoms with E-state index in [4.69, 9.17) is 9.84 Å². The van der Waals surface area contributed by atoms with Crippen molar-refractivity contribution in [1.82, 2.24) is 10.2 Å². The molecule has 0 aromatic heterocycles. The maximum atomic E-state index is 12.2. The molecule has 0 bridgehead atoms. The summed E-state index contributed by atoms with van der Waals surface area (Å²) in [4.78, 5) is 36.2. The number of urea groups is 1. The van der Waals surface area contributed by atoms with Crippen LogP contribution in [-0.4, -0.2) is 66.9 Å². The van der Waals surface area contributed by atoms with Crippen molar-refractivity contribution in [2.75, 3.05) is 26.9 Å². The van der Waals surface area contributed by atoms with E-state index in [1.165, 1.54) is 12.0 Å². The van der Waals surface area contributed by atoms with Gasteiger partial charge in [0.15, 0.2) is 6.04 Å². The molecule has 20 heavy (non-hydrogen) atoms. The van der Waals surface area contributed by atoms with Gasteiger partial charge in [-0.3, -0.25) is 0 Å². The molecule has 8 nitrogen and oxygen atoms in total. The zero-order valence-corrected chi connectivity index (χ0v) is 11.2. The lowest BCUT2D eigenvalue weighted by molar-refractivity contribution is -0.151. The van der Waals surface area contributed by atoms with E-state index in [9.17, 15) is 14.4 Å². The Morgan fingerprint density at radius 1 is 1.40 bits per heavy atom. The van der Waals surface area contributed by atoms with E-state index in [0.717, 1.165) is 12.8 Å². The molecular formula is C12H18N2O6. The number of esters is 1. The van der Waals surface area contributed by atoms with Gasteiger partial charge in [-0.25, -0.2) is 14.4 Å². The number of nitrogens with one attached hydrogen (secondary N) is 1. The zero-order valence-electron chi connectivity index (χ0n) is 11.2. The lowest BCUT2D eigenvalue weighted by Crippen LogP contribution is -2.58. The number of rotatable bonds is 4. The highest BCUT2D eigenvalue weighted by atomic mass is 16.5. The predicted octanol–water partition coefficient (Wildman–Crippen LogP) is -0.567. The van der Waals surface area contributed by atoms with Crippen LogP contribution in [0.25, 0.3) is 0 Å². The second-order valence-electron chi connectivity index (χ2n) is 4.91. The highest BCUT2D eigenvalue weighted by Gasteiger charge is 2.40. The second kappa shape index (κ2) is 6.08. The molecule has 2 amide bonds. The number of carboxylic acids is 1. The maximum absolute atomic E-state index is 12.2. The second-order valence-corrected chi connectivity index (χ2v) is 4.91. The molecule has 2 N–H and O–H groups in total. The highest BCUT2D eigenvalue weighted by molar-refractivity contribution is 5.87. The van der Waals surface area contributed by atoms with Crippen molar-refractivity contribution in [3.8, 4) is 0 Å². The summed E-state index contributed by atoms with van der Waals surface area (Å²) < 4.78 is 9.78. The average molecular weight is 286 g/mol. The third-order valence-electron chi connectivity index (χ3n) is 3.50. The normalized spacial score (nSPS) is 23.9. The SMILES string of the molecule is COC(=O)C1COCCN1C(=O)NC(C(=O)O)C1CC1. The number of hydrogen-bond donors (Lipinski definition) is 2. The van der Waals surface area contributed by atoms with Gasteiger partial charge in [0.05, 0.1) is 20.3 Å². The quantitative estimate of drug-likeness (QED) is 0.671. The molecule has 1 heterocycles. The Labute approximate surface area is 116 Å². The van der Waals surface area contributed by atoms with Gasteiger partial charge in [0.25, 0.3) is 0 Å². The van der Waals surface area contributed by atoms with Crippen LogP contribution >= 0.6 is 0 Å². The third kappa shape index (κ3) is 3.19. The number of amides is 2. The molecule has 1 saturated carbocycles. The molecule has 8 heteroatoms. The molecule has 1 aliphatic carbocycles. The van der Waals surface area contributed by atoms with Crippen molar-refractivity contribution in [3.63, 3.8) is 0 Å². The van der Waals surface area contributed by atoms with Gasteiger partial charge in [-0.15, -0.1) is 0 Å². The number of carbonyl (C=O) groups excluding carboxylic acids is 2. The smallest absolute Gasteiger partial charge is 0.331 e. The molecule has 0 radical (unpaired) electrons. The molecule has 1 aliphatic heterocycles. The van der Waals surface area contributed by atoms with Gasteiger partial charge in [-0.1, -0.05) is 0 Å². The monoisotopic (exact) mass is 286 g/mol. The van der Waals surface area contributed by atoms with Crippen molar-refractivity contribution in [3.05, 3.63) is 0 Å². The number of ether oxygens (including phenoxy) is 2. The largest absolute Gasteiger partial charge is 0.480 e. The van der Waals surface area contributed by atoms with Crippen LogP contribution in [0.3, 0.4) is 0 Å². The summed E-state index contributed by atoms with van der Waals surface area (Å²) in [5.74, 6) is -1.64. The molecule has 1 saturated heterocycles. The van der Waals surface area contributed by atoms with Crippen molar-refractivity contribution in [2.24, 2.45) is 5.92 Å². The first-order valence-corrected chi connectivity index (χ1v) is 6.50. The van der Waals surface area contributed by atoms with E-state index < -0.39 is 30.1 Å².